The van der Waals surface area contributed by atoms with E-state index in [0.717, 1.165) is 30.4 Å². The molecule has 2 rings (SSSR count). The second-order valence-corrected chi connectivity index (χ2v) is 4.79. The zero-order valence-corrected chi connectivity index (χ0v) is 9.26. The van der Waals surface area contributed by atoms with Crippen molar-refractivity contribution in [3.63, 3.8) is 0 Å². The van der Waals surface area contributed by atoms with Crippen molar-refractivity contribution in [3.05, 3.63) is 35.1 Å². The number of aryl methyl sites for hydroxylation is 1. The van der Waals surface area contributed by atoms with Crippen LogP contribution < -0.4 is 0 Å². The molecule has 1 saturated carbocycles. The summed E-state index contributed by atoms with van der Waals surface area (Å²) in [4.78, 5) is 0. The second kappa shape index (κ2) is 3.60. The quantitative estimate of drug-likeness (QED) is 0.809. The van der Waals surface area contributed by atoms with Crippen LogP contribution in [-0.4, -0.2) is 11.2 Å². The third kappa shape index (κ3) is 2.05. The molecule has 1 aliphatic carbocycles. The summed E-state index contributed by atoms with van der Waals surface area (Å²) in [5.74, 6) is -0.183. The average Bonchev–Trinajstić information content (AvgIpc) is 2.92. The average molecular weight is 208 g/mol. The van der Waals surface area contributed by atoms with Gasteiger partial charge in [-0.15, -0.1) is 0 Å². The van der Waals surface area contributed by atoms with Gasteiger partial charge in [-0.05, 0) is 56.4 Å². The van der Waals surface area contributed by atoms with Crippen LogP contribution in [-0.2, 0) is 6.42 Å². The van der Waals surface area contributed by atoms with E-state index in [1.165, 1.54) is 6.07 Å². The van der Waals surface area contributed by atoms with E-state index in [0.29, 0.717) is 0 Å². The minimum atomic E-state index is -0.292. The molecule has 0 radical (unpaired) electrons. The first kappa shape index (κ1) is 10.6. The number of rotatable bonds is 3. The lowest BCUT2D eigenvalue weighted by Crippen LogP contribution is -2.21. The maximum atomic E-state index is 13.1. The van der Waals surface area contributed by atoms with E-state index in [9.17, 15) is 9.50 Å². The predicted octanol–water partition coefficient (Wildman–Crippen LogP) is 2.84. The molecule has 1 aromatic rings. The van der Waals surface area contributed by atoms with Crippen molar-refractivity contribution in [1.82, 2.24) is 0 Å². The molecule has 1 atom stereocenters. The second-order valence-electron chi connectivity index (χ2n) is 4.79. The van der Waals surface area contributed by atoms with Gasteiger partial charge in [-0.2, -0.15) is 0 Å². The van der Waals surface area contributed by atoms with Gasteiger partial charge in [0.15, 0.2) is 0 Å². The maximum Gasteiger partial charge on any atom is 0.123 e. The molecule has 15 heavy (non-hydrogen) atoms. The van der Waals surface area contributed by atoms with Gasteiger partial charge in [0, 0.05) is 5.41 Å². The molecule has 0 amide bonds. The molecule has 2 heteroatoms. The highest BCUT2D eigenvalue weighted by atomic mass is 19.1. The van der Waals surface area contributed by atoms with Crippen molar-refractivity contribution < 1.29 is 9.50 Å². The van der Waals surface area contributed by atoms with Gasteiger partial charge in [0.1, 0.15) is 5.82 Å². The van der Waals surface area contributed by atoms with Gasteiger partial charge >= 0.3 is 0 Å². The van der Waals surface area contributed by atoms with Crippen LogP contribution in [0.25, 0.3) is 0 Å². The van der Waals surface area contributed by atoms with Gasteiger partial charge < -0.3 is 5.11 Å². The Morgan fingerprint density at radius 3 is 2.67 bits per heavy atom. The fourth-order valence-electron chi connectivity index (χ4n) is 2.11. The first-order valence-electron chi connectivity index (χ1n) is 5.47. The van der Waals surface area contributed by atoms with Crippen LogP contribution >= 0.6 is 0 Å². The van der Waals surface area contributed by atoms with Crippen molar-refractivity contribution in [2.24, 2.45) is 5.41 Å². The van der Waals surface area contributed by atoms with E-state index < -0.39 is 0 Å². The Balaban J connectivity index is 2.21. The lowest BCUT2D eigenvalue weighted by molar-refractivity contribution is 0.110. The molecule has 0 saturated heterocycles. The molecule has 1 unspecified atom stereocenters. The molecule has 1 N–H and O–H groups in total. The molecule has 1 fully saturated rings. The number of hydrogen-bond acceptors (Lipinski definition) is 1. The lowest BCUT2D eigenvalue weighted by Gasteiger charge is -2.19. The Bertz CT molecular complexity index is 367. The number of hydrogen-bond donors (Lipinski definition) is 1. The summed E-state index contributed by atoms with van der Waals surface area (Å²) in [6, 6.07) is 4.89. The fraction of sp³-hybridized carbons (Fsp3) is 0.538. The first-order chi connectivity index (χ1) is 7.03. The van der Waals surface area contributed by atoms with Crippen molar-refractivity contribution >= 4 is 0 Å². The fourth-order valence-corrected chi connectivity index (χ4v) is 2.11. The molecule has 1 aliphatic rings. The molecular weight excluding hydrogens is 191 g/mol. The Labute approximate surface area is 89.9 Å². The monoisotopic (exact) mass is 208 g/mol. The molecule has 82 valence electrons. The van der Waals surface area contributed by atoms with Gasteiger partial charge in [0.2, 0.25) is 0 Å². The summed E-state index contributed by atoms with van der Waals surface area (Å²) in [6.07, 6.45) is 2.62. The molecule has 0 heterocycles. The Morgan fingerprint density at radius 2 is 2.13 bits per heavy atom. The Morgan fingerprint density at radius 1 is 1.47 bits per heavy atom. The van der Waals surface area contributed by atoms with Gasteiger partial charge in [0.25, 0.3) is 0 Å². The van der Waals surface area contributed by atoms with E-state index in [1.54, 1.807) is 6.07 Å². The van der Waals surface area contributed by atoms with Crippen LogP contribution in [0.2, 0.25) is 0 Å². The Hall–Kier alpha value is -0.890. The van der Waals surface area contributed by atoms with E-state index >= 15 is 0 Å². The summed E-state index contributed by atoms with van der Waals surface area (Å²) >= 11 is 0. The van der Waals surface area contributed by atoms with Crippen LogP contribution in [0.5, 0.6) is 0 Å². The van der Waals surface area contributed by atoms with Crippen molar-refractivity contribution in [3.8, 4) is 0 Å². The molecule has 0 bridgehead atoms. The van der Waals surface area contributed by atoms with E-state index in [-0.39, 0.29) is 17.3 Å². The molecule has 1 nitrogen and oxygen atoms in total. The van der Waals surface area contributed by atoms with Crippen molar-refractivity contribution in [2.75, 3.05) is 0 Å². The molecule has 0 aromatic heterocycles. The maximum absolute atomic E-state index is 13.1. The van der Waals surface area contributed by atoms with E-state index in [4.69, 9.17) is 0 Å². The number of aliphatic hydroxyl groups excluding tert-OH is 1. The molecule has 1 aromatic carbocycles. The van der Waals surface area contributed by atoms with Gasteiger partial charge in [-0.3, -0.25) is 0 Å². The van der Waals surface area contributed by atoms with Crippen LogP contribution in [0.3, 0.4) is 0 Å². The van der Waals surface area contributed by atoms with Crippen LogP contribution in [0, 0.1) is 18.2 Å². The molecule has 0 spiro atoms. The predicted molar refractivity (Wildman–Crippen MR) is 58.2 cm³/mol. The summed E-state index contributed by atoms with van der Waals surface area (Å²) in [5.41, 5.74) is 2.18. The normalized spacial score (nSPS) is 20.0. The first-order valence-corrected chi connectivity index (χ1v) is 5.47. The highest BCUT2D eigenvalue weighted by Gasteiger charge is 2.46. The number of halogens is 1. The highest BCUT2D eigenvalue weighted by Crippen LogP contribution is 2.51. The van der Waals surface area contributed by atoms with Gasteiger partial charge in [0.05, 0.1) is 6.10 Å². The third-order valence-electron chi connectivity index (χ3n) is 3.63. The molecular formula is C13H17FO. The Kier molecular flexibility index (Phi) is 2.55. The van der Waals surface area contributed by atoms with Gasteiger partial charge in [-0.1, -0.05) is 6.07 Å². The summed E-state index contributed by atoms with van der Waals surface area (Å²) in [5, 5.41) is 9.67. The van der Waals surface area contributed by atoms with Crippen LogP contribution in [0.1, 0.15) is 30.9 Å². The largest absolute Gasteiger partial charge is 0.393 e. The van der Waals surface area contributed by atoms with Crippen LogP contribution in [0.15, 0.2) is 18.2 Å². The van der Waals surface area contributed by atoms with Gasteiger partial charge in [-0.25, -0.2) is 4.39 Å². The van der Waals surface area contributed by atoms with E-state index in [2.05, 4.69) is 0 Å². The van der Waals surface area contributed by atoms with Crippen molar-refractivity contribution in [1.29, 1.82) is 0 Å². The lowest BCUT2D eigenvalue weighted by atomic mass is 9.90. The zero-order valence-electron chi connectivity index (χ0n) is 9.26. The minimum absolute atomic E-state index is 0.0263. The van der Waals surface area contributed by atoms with Crippen LogP contribution in [0.4, 0.5) is 4.39 Å². The minimum Gasteiger partial charge on any atom is -0.393 e. The smallest absolute Gasteiger partial charge is 0.123 e. The summed E-state index contributed by atoms with van der Waals surface area (Å²) in [7, 11) is 0. The topological polar surface area (TPSA) is 20.2 Å². The highest BCUT2D eigenvalue weighted by molar-refractivity contribution is 5.29. The van der Waals surface area contributed by atoms with E-state index in [1.807, 2.05) is 19.9 Å². The SMILES string of the molecule is Cc1ccc(F)cc1CC1(C(C)O)CC1. The zero-order chi connectivity index (χ0) is 11.1. The number of aliphatic hydroxyl groups is 1. The number of benzene rings is 1. The summed E-state index contributed by atoms with van der Waals surface area (Å²) < 4.78 is 13.1. The van der Waals surface area contributed by atoms with Crippen molar-refractivity contribution in [2.45, 2.75) is 39.2 Å². The summed E-state index contributed by atoms with van der Waals surface area (Å²) in [6.45, 7) is 3.83. The standard InChI is InChI=1S/C13H17FO/c1-9-3-4-12(14)7-11(9)8-13(5-6-13)10(2)15/h3-4,7,10,15H,5-6,8H2,1-2H3. The third-order valence-corrected chi connectivity index (χ3v) is 3.63. The molecule has 0 aliphatic heterocycles.